The zero-order valence-electron chi connectivity index (χ0n) is 21.8. The number of rotatable bonds is 8. The van der Waals surface area contributed by atoms with Crippen LogP contribution in [0.5, 0.6) is 0 Å². The first-order valence-corrected chi connectivity index (χ1v) is 14.7. The third kappa shape index (κ3) is 5.48. The van der Waals surface area contributed by atoms with E-state index in [2.05, 4.69) is 33.4 Å². The normalized spacial score (nSPS) is 30.3. The Hall–Kier alpha value is -1.14. The van der Waals surface area contributed by atoms with E-state index in [4.69, 9.17) is 0 Å². The summed E-state index contributed by atoms with van der Waals surface area (Å²) in [6.45, 7) is 11.2. The first kappa shape index (κ1) is 24.5. The van der Waals surface area contributed by atoms with Crippen LogP contribution in [0.2, 0.25) is 0 Å². The Kier molecular flexibility index (Phi) is 7.84. The Bertz CT molecular complexity index is 647. The molecule has 0 radical (unpaired) electrons. The minimum Gasteiger partial charge on any atom is -0.336 e. The average Bonchev–Trinajstić information content (AvgIpc) is 3.81. The van der Waals surface area contributed by atoms with Crippen molar-refractivity contribution in [1.29, 1.82) is 0 Å². The molecular weight excluding hydrogens is 424 g/mol. The van der Waals surface area contributed by atoms with Gasteiger partial charge in [-0.2, -0.15) is 0 Å². The van der Waals surface area contributed by atoms with E-state index in [1.165, 1.54) is 25.7 Å². The lowest BCUT2D eigenvalue weighted by atomic mass is 9.79. The largest absolute Gasteiger partial charge is 0.336 e. The predicted octanol–water partition coefficient (Wildman–Crippen LogP) is 3.74. The molecule has 2 unspecified atom stereocenters. The van der Waals surface area contributed by atoms with Crippen LogP contribution in [-0.4, -0.2) is 94.8 Å². The Morgan fingerprint density at radius 3 is 1.26 bits per heavy atom. The van der Waals surface area contributed by atoms with Crippen molar-refractivity contribution >= 4 is 11.8 Å². The highest BCUT2D eigenvalue weighted by atomic mass is 16.2. The van der Waals surface area contributed by atoms with Crippen LogP contribution in [0.15, 0.2) is 0 Å². The van der Waals surface area contributed by atoms with E-state index in [1.54, 1.807) is 0 Å². The van der Waals surface area contributed by atoms with Gasteiger partial charge in [0.15, 0.2) is 0 Å². The summed E-state index contributed by atoms with van der Waals surface area (Å²) in [7, 11) is 0. The van der Waals surface area contributed by atoms with E-state index in [-0.39, 0.29) is 11.8 Å². The molecule has 0 spiro atoms. The second-order valence-corrected chi connectivity index (χ2v) is 11.8. The lowest BCUT2D eigenvalue weighted by Crippen LogP contribution is -2.52. The fourth-order valence-electron chi connectivity index (χ4n) is 7.11. The van der Waals surface area contributed by atoms with E-state index >= 15 is 0 Å². The molecule has 192 valence electrons. The Morgan fingerprint density at radius 1 is 0.588 bits per heavy atom. The van der Waals surface area contributed by atoms with Crippen molar-refractivity contribution in [2.45, 2.75) is 115 Å². The van der Waals surface area contributed by atoms with Gasteiger partial charge in [-0.25, -0.2) is 0 Å². The van der Waals surface area contributed by atoms with Crippen LogP contribution >= 0.6 is 0 Å². The molecule has 0 aromatic carbocycles. The van der Waals surface area contributed by atoms with Gasteiger partial charge in [-0.1, -0.05) is 20.3 Å². The van der Waals surface area contributed by atoms with Gasteiger partial charge in [0.25, 0.3) is 0 Å². The van der Waals surface area contributed by atoms with Gasteiger partial charge in [-0.3, -0.25) is 9.59 Å². The number of amides is 2. The number of hydrogen-bond donors (Lipinski definition) is 0. The number of hydrogen-bond acceptors (Lipinski definition) is 4. The molecule has 5 fully saturated rings. The molecule has 0 aromatic rings. The van der Waals surface area contributed by atoms with Crippen LogP contribution in [0.1, 0.15) is 90.9 Å². The van der Waals surface area contributed by atoms with Gasteiger partial charge < -0.3 is 19.6 Å². The monoisotopic (exact) mass is 472 g/mol. The molecule has 34 heavy (non-hydrogen) atoms. The lowest BCUT2D eigenvalue weighted by molar-refractivity contribution is -0.145. The Morgan fingerprint density at radius 2 is 0.941 bits per heavy atom. The van der Waals surface area contributed by atoms with Crippen molar-refractivity contribution in [3.8, 4) is 0 Å². The van der Waals surface area contributed by atoms with Gasteiger partial charge in [0.1, 0.15) is 0 Å². The highest BCUT2D eigenvalue weighted by Crippen LogP contribution is 2.40. The zero-order chi connectivity index (χ0) is 23.7. The number of nitrogens with zero attached hydrogens (tertiary/aromatic N) is 4. The third-order valence-corrected chi connectivity index (χ3v) is 9.56. The summed E-state index contributed by atoms with van der Waals surface area (Å²) in [4.78, 5) is 37.4. The van der Waals surface area contributed by atoms with E-state index in [0.29, 0.717) is 36.0 Å². The van der Waals surface area contributed by atoms with Crippen molar-refractivity contribution in [1.82, 2.24) is 19.6 Å². The van der Waals surface area contributed by atoms with E-state index in [0.717, 1.165) is 90.6 Å². The quantitative estimate of drug-likeness (QED) is 0.540. The maximum Gasteiger partial charge on any atom is 0.226 e. The predicted molar refractivity (Wildman–Crippen MR) is 135 cm³/mol. The summed E-state index contributed by atoms with van der Waals surface area (Å²) < 4.78 is 0. The molecular formula is C28H48N4O2. The topological polar surface area (TPSA) is 47.1 Å². The molecule has 6 nitrogen and oxygen atoms in total. The lowest BCUT2D eigenvalue weighted by Gasteiger charge is -2.43. The summed E-state index contributed by atoms with van der Waals surface area (Å²) in [5, 5.41) is 0. The maximum absolute atomic E-state index is 13.9. The summed E-state index contributed by atoms with van der Waals surface area (Å²) in [6.07, 6.45) is 13.0. The van der Waals surface area contributed by atoms with Crippen molar-refractivity contribution in [2.24, 2.45) is 11.8 Å². The molecule has 3 aliphatic carbocycles. The highest BCUT2D eigenvalue weighted by Gasteiger charge is 2.45. The number of piperidine rings is 2. The molecule has 3 saturated carbocycles. The summed E-state index contributed by atoms with van der Waals surface area (Å²) in [6, 6.07) is 1.80. The van der Waals surface area contributed by atoms with Crippen LogP contribution < -0.4 is 0 Å². The van der Waals surface area contributed by atoms with Gasteiger partial charge in [0.2, 0.25) is 11.8 Å². The molecule has 2 amide bonds. The molecule has 2 aliphatic heterocycles. The molecule has 2 atom stereocenters. The Labute approximate surface area is 207 Å². The van der Waals surface area contributed by atoms with Crippen molar-refractivity contribution in [3.05, 3.63) is 0 Å². The molecule has 5 rings (SSSR count). The SMILES string of the molecule is CCN1CCC(N(C(=O)C2CCCC(C(=O)N(C3CC3)C3CCN(CC)CC3)C2)C2CC2)CC1. The van der Waals surface area contributed by atoms with Gasteiger partial charge in [0, 0.05) is 62.2 Å². The summed E-state index contributed by atoms with van der Waals surface area (Å²) >= 11 is 0. The summed E-state index contributed by atoms with van der Waals surface area (Å²) in [5.74, 6) is 0.916. The van der Waals surface area contributed by atoms with E-state index in [1.807, 2.05) is 0 Å². The van der Waals surface area contributed by atoms with Crippen LogP contribution in [0.4, 0.5) is 0 Å². The van der Waals surface area contributed by atoms with Gasteiger partial charge in [-0.05, 0) is 83.7 Å². The maximum atomic E-state index is 13.9. The van der Waals surface area contributed by atoms with Crippen LogP contribution in [0.3, 0.4) is 0 Å². The second kappa shape index (κ2) is 10.9. The van der Waals surface area contributed by atoms with Crippen LogP contribution in [-0.2, 0) is 9.59 Å². The van der Waals surface area contributed by atoms with Crippen molar-refractivity contribution in [2.75, 3.05) is 39.3 Å². The standard InChI is InChI=1S/C28H48N4O2/c1-3-29-16-12-25(13-17-29)31(23-8-9-23)27(33)21-6-5-7-22(20-21)28(34)32(24-10-11-24)26-14-18-30(4-2)19-15-26/h21-26H,3-20H2,1-2H3. The second-order valence-electron chi connectivity index (χ2n) is 11.8. The first-order valence-electron chi connectivity index (χ1n) is 14.7. The van der Waals surface area contributed by atoms with Crippen LogP contribution in [0, 0.1) is 11.8 Å². The fourth-order valence-corrected chi connectivity index (χ4v) is 7.11. The summed E-state index contributed by atoms with van der Waals surface area (Å²) in [5.41, 5.74) is 0. The molecule has 6 heteroatoms. The van der Waals surface area contributed by atoms with Gasteiger partial charge in [-0.15, -0.1) is 0 Å². The first-order chi connectivity index (χ1) is 16.6. The smallest absolute Gasteiger partial charge is 0.226 e. The Balaban J connectivity index is 1.22. The van der Waals surface area contributed by atoms with E-state index in [9.17, 15) is 9.59 Å². The minimum atomic E-state index is 0.0653. The molecule has 2 heterocycles. The van der Waals surface area contributed by atoms with E-state index < -0.39 is 0 Å². The highest BCUT2D eigenvalue weighted by molar-refractivity contribution is 5.83. The third-order valence-electron chi connectivity index (χ3n) is 9.56. The number of carbonyl (C=O) groups is 2. The number of carbonyl (C=O) groups excluding carboxylic acids is 2. The molecule has 0 bridgehead atoms. The average molecular weight is 473 g/mol. The zero-order valence-corrected chi connectivity index (χ0v) is 21.8. The van der Waals surface area contributed by atoms with Crippen molar-refractivity contribution in [3.63, 3.8) is 0 Å². The van der Waals surface area contributed by atoms with Gasteiger partial charge in [0.05, 0.1) is 0 Å². The molecule has 0 aromatic heterocycles. The molecule has 5 aliphatic rings. The number of likely N-dealkylation sites (tertiary alicyclic amines) is 2. The van der Waals surface area contributed by atoms with Crippen molar-refractivity contribution < 1.29 is 9.59 Å². The van der Waals surface area contributed by atoms with Crippen LogP contribution in [0.25, 0.3) is 0 Å². The van der Waals surface area contributed by atoms with Gasteiger partial charge >= 0.3 is 0 Å². The fraction of sp³-hybridized carbons (Fsp3) is 0.929. The molecule has 0 N–H and O–H groups in total. The minimum absolute atomic E-state index is 0.0653. The molecule has 2 saturated heterocycles.